The van der Waals surface area contributed by atoms with Gasteiger partial charge in [-0.3, -0.25) is 0 Å². The van der Waals surface area contributed by atoms with E-state index in [1.165, 1.54) is 19.3 Å². The highest BCUT2D eigenvalue weighted by atomic mass is 79.9. The van der Waals surface area contributed by atoms with Crippen LogP contribution in [-0.4, -0.2) is 42.2 Å². The molecule has 1 aliphatic heterocycles. The highest BCUT2D eigenvalue weighted by Gasteiger charge is 2.20. The number of hydrogen-bond donors (Lipinski definition) is 2. The molecule has 1 atom stereocenters. The fraction of sp³-hybridized carbons (Fsp3) is 0.500. The Labute approximate surface area is 121 Å². The Bertz CT molecular complexity index is 465. The number of benzene rings is 1. The molecule has 1 aromatic rings. The maximum absolute atomic E-state index is 11.3. The minimum atomic E-state index is -0.910. The van der Waals surface area contributed by atoms with Gasteiger partial charge in [0, 0.05) is 22.7 Å². The maximum Gasteiger partial charge on any atom is 0.338 e. The van der Waals surface area contributed by atoms with Crippen LogP contribution in [0.25, 0.3) is 0 Å². The zero-order valence-electron chi connectivity index (χ0n) is 11.0. The van der Waals surface area contributed by atoms with Gasteiger partial charge < -0.3 is 15.3 Å². The van der Waals surface area contributed by atoms with E-state index in [1.54, 1.807) is 6.07 Å². The van der Waals surface area contributed by atoms with Gasteiger partial charge in [-0.15, -0.1) is 0 Å². The molecule has 1 aromatic carbocycles. The number of carboxylic acid groups (broad SMARTS) is 1. The third-order valence-electron chi connectivity index (χ3n) is 3.68. The van der Waals surface area contributed by atoms with E-state index in [2.05, 4.69) is 33.2 Å². The zero-order chi connectivity index (χ0) is 13.8. The molecule has 0 spiro atoms. The van der Waals surface area contributed by atoms with E-state index < -0.39 is 5.97 Å². The molecule has 0 saturated carbocycles. The summed E-state index contributed by atoms with van der Waals surface area (Å²) in [7, 11) is 2.13. The third kappa shape index (κ3) is 3.48. The van der Waals surface area contributed by atoms with E-state index in [0.29, 0.717) is 21.8 Å². The Morgan fingerprint density at radius 1 is 1.53 bits per heavy atom. The number of halogens is 1. The van der Waals surface area contributed by atoms with Gasteiger partial charge in [-0.05, 0) is 54.5 Å². The largest absolute Gasteiger partial charge is 0.478 e. The van der Waals surface area contributed by atoms with Crippen LogP contribution in [0, 0.1) is 0 Å². The van der Waals surface area contributed by atoms with Gasteiger partial charge >= 0.3 is 5.97 Å². The van der Waals surface area contributed by atoms with E-state index in [1.807, 2.05) is 12.1 Å². The van der Waals surface area contributed by atoms with Gasteiger partial charge in [0.2, 0.25) is 0 Å². The lowest BCUT2D eigenvalue weighted by molar-refractivity contribution is 0.0697. The van der Waals surface area contributed by atoms with Crippen molar-refractivity contribution in [2.45, 2.75) is 25.3 Å². The fourth-order valence-corrected chi connectivity index (χ4v) is 3.05. The SMILES string of the molecule is CN1CCCCC1CNc1cccc(Br)c1C(=O)O. The molecule has 1 saturated heterocycles. The Morgan fingerprint density at radius 2 is 2.32 bits per heavy atom. The van der Waals surface area contributed by atoms with Gasteiger partial charge in [0.1, 0.15) is 0 Å². The molecule has 0 radical (unpaired) electrons. The lowest BCUT2D eigenvalue weighted by atomic mass is 10.0. The van der Waals surface area contributed by atoms with Crippen LogP contribution in [0.15, 0.2) is 22.7 Å². The summed E-state index contributed by atoms with van der Waals surface area (Å²) in [5, 5.41) is 12.5. The molecule has 0 amide bonds. The zero-order valence-corrected chi connectivity index (χ0v) is 12.6. The second-order valence-electron chi connectivity index (χ2n) is 4.98. The van der Waals surface area contributed by atoms with Crippen molar-refractivity contribution in [3.05, 3.63) is 28.2 Å². The number of nitrogens with zero attached hydrogens (tertiary/aromatic N) is 1. The highest BCUT2D eigenvalue weighted by molar-refractivity contribution is 9.10. The summed E-state index contributed by atoms with van der Waals surface area (Å²) in [6.45, 7) is 1.91. The first-order valence-corrected chi connectivity index (χ1v) is 7.35. The van der Waals surface area contributed by atoms with Crippen LogP contribution in [-0.2, 0) is 0 Å². The first kappa shape index (κ1) is 14.3. The molecule has 1 heterocycles. The quantitative estimate of drug-likeness (QED) is 0.892. The molecular weight excluding hydrogens is 308 g/mol. The van der Waals surface area contributed by atoms with E-state index in [0.717, 1.165) is 13.1 Å². The van der Waals surface area contributed by atoms with Crippen LogP contribution in [0.3, 0.4) is 0 Å². The first-order chi connectivity index (χ1) is 9.09. The van der Waals surface area contributed by atoms with Crippen LogP contribution in [0.2, 0.25) is 0 Å². The number of carboxylic acids is 1. The third-order valence-corrected chi connectivity index (χ3v) is 4.34. The summed E-state index contributed by atoms with van der Waals surface area (Å²) in [6, 6.07) is 5.90. The minimum Gasteiger partial charge on any atom is -0.478 e. The first-order valence-electron chi connectivity index (χ1n) is 6.55. The number of carbonyl (C=O) groups is 1. The molecule has 1 fully saturated rings. The average Bonchev–Trinajstić information content (AvgIpc) is 2.37. The lowest BCUT2D eigenvalue weighted by Gasteiger charge is -2.32. The van der Waals surface area contributed by atoms with Crippen molar-refractivity contribution < 1.29 is 9.90 Å². The Balaban J connectivity index is 2.07. The topological polar surface area (TPSA) is 52.6 Å². The Kier molecular flexibility index (Phi) is 4.82. The number of anilines is 1. The molecule has 104 valence electrons. The molecule has 1 unspecified atom stereocenters. The molecule has 0 aliphatic carbocycles. The molecule has 1 aliphatic rings. The molecular formula is C14H19BrN2O2. The fourth-order valence-electron chi connectivity index (χ4n) is 2.52. The van der Waals surface area contributed by atoms with Crippen LogP contribution in [0.1, 0.15) is 29.6 Å². The Morgan fingerprint density at radius 3 is 3.00 bits per heavy atom. The number of likely N-dealkylation sites (N-methyl/N-ethyl adjacent to an activating group) is 1. The number of hydrogen-bond acceptors (Lipinski definition) is 3. The van der Waals surface area contributed by atoms with Gasteiger partial charge in [-0.2, -0.15) is 0 Å². The van der Waals surface area contributed by atoms with Crippen molar-refractivity contribution in [3.63, 3.8) is 0 Å². The molecule has 4 nitrogen and oxygen atoms in total. The van der Waals surface area contributed by atoms with Crippen LogP contribution in [0.4, 0.5) is 5.69 Å². The molecule has 0 bridgehead atoms. The normalized spacial score (nSPS) is 20.2. The van der Waals surface area contributed by atoms with E-state index in [9.17, 15) is 9.90 Å². The summed E-state index contributed by atoms with van der Waals surface area (Å²) < 4.78 is 0.613. The Hall–Kier alpha value is -1.07. The number of nitrogens with one attached hydrogen (secondary N) is 1. The summed E-state index contributed by atoms with van der Waals surface area (Å²) >= 11 is 3.29. The van der Waals surface area contributed by atoms with Crippen molar-refractivity contribution >= 4 is 27.6 Å². The minimum absolute atomic E-state index is 0.306. The molecule has 0 aromatic heterocycles. The van der Waals surface area contributed by atoms with Gasteiger partial charge in [-0.1, -0.05) is 12.5 Å². The predicted octanol–water partition coefficient (Wildman–Crippen LogP) is 3.04. The molecule has 19 heavy (non-hydrogen) atoms. The second kappa shape index (κ2) is 6.39. The lowest BCUT2D eigenvalue weighted by Crippen LogP contribution is -2.40. The van der Waals surface area contributed by atoms with Gasteiger partial charge in [0.05, 0.1) is 5.56 Å². The standard InChI is InChI=1S/C14H19BrN2O2/c1-17-8-3-2-5-10(17)9-16-12-7-4-6-11(15)13(12)14(18)19/h4,6-7,10,16H,2-3,5,8-9H2,1H3,(H,18,19). The van der Waals surface area contributed by atoms with Crippen molar-refractivity contribution in [1.82, 2.24) is 4.90 Å². The molecule has 2 rings (SSSR count). The van der Waals surface area contributed by atoms with E-state index >= 15 is 0 Å². The monoisotopic (exact) mass is 326 g/mol. The smallest absolute Gasteiger partial charge is 0.338 e. The number of rotatable bonds is 4. The number of likely N-dealkylation sites (tertiary alicyclic amines) is 1. The van der Waals surface area contributed by atoms with E-state index in [-0.39, 0.29) is 0 Å². The summed E-state index contributed by atoms with van der Waals surface area (Å²) in [6.07, 6.45) is 3.67. The predicted molar refractivity (Wildman–Crippen MR) is 79.9 cm³/mol. The van der Waals surface area contributed by atoms with Crippen molar-refractivity contribution in [3.8, 4) is 0 Å². The second-order valence-corrected chi connectivity index (χ2v) is 5.83. The van der Waals surface area contributed by atoms with Crippen LogP contribution >= 0.6 is 15.9 Å². The van der Waals surface area contributed by atoms with Gasteiger partial charge in [-0.25, -0.2) is 4.79 Å². The number of piperidine rings is 1. The van der Waals surface area contributed by atoms with Crippen LogP contribution in [0.5, 0.6) is 0 Å². The summed E-state index contributed by atoms with van der Waals surface area (Å²) in [5.41, 5.74) is 0.988. The highest BCUT2D eigenvalue weighted by Crippen LogP contribution is 2.25. The van der Waals surface area contributed by atoms with Crippen molar-refractivity contribution in [2.75, 3.05) is 25.5 Å². The van der Waals surface area contributed by atoms with Gasteiger partial charge in [0.15, 0.2) is 0 Å². The number of aromatic carboxylic acids is 1. The van der Waals surface area contributed by atoms with E-state index in [4.69, 9.17) is 0 Å². The van der Waals surface area contributed by atoms with Crippen molar-refractivity contribution in [1.29, 1.82) is 0 Å². The summed E-state index contributed by atoms with van der Waals surface area (Å²) in [5.74, 6) is -0.910. The van der Waals surface area contributed by atoms with Gasteiger partial charge in [0.25, 0.3) is 0 Å². The molecule has 5 heteroatoms. The summed E-state index contributed by atoms with van der Waals surface area (Å²) in [4.78, 5) is 13.6. The van der Waals surface area contributed by atoms with Crippen molar-refractivity contribution in [2.24, 2.45) is 0 Å². The average molecular weight is 327 g/mol. The molecule has 2 N–H and O–H groups in total. The van der Waals surface area contributed by atoms with Crippen LogP contribution < -0.4 is 5.32 Å². The maximum atomic E-state index is 11.3.